The van der Waals surface area contributed by atoms with Gasteiger partial charge in [-0.05, 0) is 20.3 Å². The van der Waals surface area contributed by atoms with Crippen LogP contribution in [0.1, 0.15) is 23.8 Å². The van der Waals surface area contributed by atoms with E-state index < -0.39 is 0 Å². The number of guanidine groups is 1. The van der Waals surface area contributed by atoms with Crippen molar-refractivity contribution in [1.82, 2.24) is 20.6 Å². The van der Waals surface area contributed by atoms with Gasteiger partial charge in [-0.2, -0.15) is 0 Å². The van der Waals surface area contributed by atoms with Crippen molar-refractivity contribution in [2.75, 3.05) is 19.3 Å². The van der Waals surface area contributed by atoms with E-state index in [4.69, 9.17) is 4.42 Å². The monoisotopic (exact) mass is 467 g/mol. The van der Waals surface area contributed by atoms with Crippen LogP contribution >= 0.6 is 47.1 Å². The van der Waals surface area contributed by atoms with Crippen LogP contribution in [0.5, 0.6) is 0 Å². The van der Waals surface area contributed by atoms with Crippen LogP contribution in [0.3, 0.4) is 0 Å². The van der Waals surface area contributed by atoms with Gasteiger partial charge in [0.2, 0.25) is 5.89 Å². The fraction of sp³-hybridized carbons (Fsp3) is 0.500. The standard InChI is InChI=1S/C14H21N5OS2.HI/c1-10-11(2)20-12(19-10)9-18-13(15-3)16-5-4-7-21-14-17-6-8-22-14;/h6,8H,4-5,7,9H2,1-3H3,(H2,15,16,18);1H. The Morgan fingerprint density at radius 1 is 1.39 bits per heavy atom. The second-order valence-corrected chi connectivity index (χ2v) is 6.84. The Bertz CT molecular complexity index is 581. The minimum absolute atomic E-state index is 0. The molecule has 0 radical (unpaired) electrons. The van der Waals surface area contributed by atoms with Gasteiger partial charge in [-0.1, -0.05) is 11.8 Å². The molecule has 0 aliphatic carbocycles. The summed E-state index contributed by atoms with van der Waals surface area (Å²) in [5.74, 6) is 3.33. The van der Waals surface area contributed by atoms with Gasteiger partial charge in [0.15, 0.2) is 5.96 Å². The number of rotatable bonds is 7. The molecule has 6 nitrogen and oxygen atoms in total. The first kappa shape index (κ1) is 20.2. The van der Waals surface area contributed by atoms with Crippen LogP contribution in [-0.2, 0) is 6.54 Å². The van der Waals surface area contributed by atoms with E-state index in [1.165, 1.54) is 0 Å². The zero-order valence-corrected chi connectivity index (χ0v) is 17.4. The average molecular weight is 467 g/mol. The highest BCUT2D eigenvalue weighted by atomic mass is 127. The van der Waals surface area contributed by atoms with Crippen molar-refractivity contribution in [2.24, 2.45) is 4.99 Å². The second-order valence-electron chi connectivity index (χ2n) is 4.60. The summed E-state index contributed by atoms with van der Waals surface area (Å²) in [5, 5.41) is 8.48. The molecule has 0 aliphatic heterocycles. The number of aliphatic imine (C=N–C) groups is 1. The number of nitrogens with zero attached hydrogens (tertiary/aromatic N) is 3. The van der Waals surface area contributed by atoms with Crippen molar-refractivity contribution in [3.8, 4) is 0 Å². The number of oxazole rings is 1. The molecule has 2 aromatic rings. The Kier molecular flexibility index (Phi) is 9.56. The molecule has 0 unspecified atom stereocenters. The molecule has 0 bridgehead atoms. The summed E-state index contributed by atoms with van der Waals surface area (Å²) in [6.07, 6.45) is 2.88. The molecule has 23 heavy (non-hydrogen) atoms. The van der Waals surface area contributed by atoms with Gasteiger partial charge in [0.25, 0.3) is 0 Å². The number of aryl methyl sites for hydroxylation is 2. The maximum absolute atomic E-state index is 5.53. The molecule has 0 fully saturated rings. The highest BCUT2D eigenvalue weighted by Crippen LogP contribution is 2.20. The number of hydrogen-bond acceptors (Lipinski definition) is 6. The summed E-state index contributed by atoms with van der Waals surface area (Å²) >= 11 is 3.46. The van der Waals surface area contributed by atoms with Gasteiger partial charge >= 0.3 is 0 Å². The highest BCUT2D eigenvalue weighted by Gasteiger charge is 2.06. The predicted molar refractivity (Wildman–Crippen MR) is 107 cm³/mol. The van der Waals surface area contributed by atoms with Gasteiger partial charge in [0, 0.05) is 30.9 Å². The van der Waals surface area contributed by atoms with Gasteiger partial charge in [-0.15, -0.1) is 35.3 Å². The first-order valence-corrected chi connectivity index (χ1v) is 8.95. The Hall–Kier alpha value is -0.810. The summed E-state index contributed by atoms with van der Waals surface area (Å²) in [6, 6.07) is 0. The van der Waals surface area contributed by atoms with E-state index in [9.17, 15) is 0 Å². The lowest BCUT2D eigenvalue weighted by Gasteiger charge is -2.10. The Balaban J connectivity index is 0.00000264. The molecule has 9 heteroatoms. The molecule has 2 rings (SSSR count). The van der Waals surface area contributed by atoms with Gasteiger partial charge in [0.1, 0.15) is 10.1 Å². The van der Waals surface area contributed by atoms with Crippen LogP contribution in [0, 0.1) is 13.8 Å². The van der Waals surface area contributed by atoms with Crippen LogP contribution in [-0.4, -0.2) is 35.3 Å². The lowest BCUT2D eigenvalue weighted by atomic mass is 10.4. The summed E-state index contributed by atoms with van der Waals surface area (Å²) < 4.78 is 6.65. The van der Waals surface area contributed by atoms with Crippen molar-refractivity contribution in [3.05, 3.63) is 28.9 Å². The van der Waals surface area contributed by atoms with Crippen LogP contribution in [0.2, 0.25) is 0 Å². The summed E-state index contributed by atoms with van der Waals surface area (Å²) in [4.78, 5) is 12.8. The van der Waals surface area contributed by atoms with Gasteiger partial charge in [-0.25, -0.2) is 9.97 Å². The van der Waals surface area contributed by atoms with Crippen LogP contribution in [0.15, 0.2) is 25.3 Å². The topological polar surface area (TPSA) is 75.3 Å². The molecule has 0 saturated heterocycles. The second kappa shape index (κ2) is 10.9. The molecule has 2 aromatic heterocycles. The average Bonchev–Trinajstić information content (AvgIpc) is 3.12. The van der Waals surface area contributed by atoms with Crippen molar-refractivity contribution < 1.29 is 4.42 Å². The minimum Gasteiger partial charge on any atom is -0.444 e. The quantitative estimate of drug-likeness (QED) is 0.214. The maximum Gasteiger partial charge on any atom is 0.214 e. The fourth-order valence-electron chi connectivity index (χ4n) is 1.71. The number of thiazole rings is 1. The van der Waals surface area contributed by atoms with E-state index in [2.05, 4.69) is 25.6 Å². The lowest BCUT2D eigenvalue weighted by Crippen LogP contribution is -2.37. The zero-order chi connectivity index (χ0) is 15.8. The summed E-state index contributed by atoms with van der Waals surface area (Å²) in [7, 11) is 1.76. The third kappa shape index (κ3) is 7.08. The molecular formula is C14H22IN5OS2. The van der Waals surface area contributed by atoms with Crippen molar-refractivity contribution in [3.63, 3.8) is 0 Å². The molecule has 2 heterocycles. The first-order valence-electron chi connectivity index (χ1n) is 7.08. The third-order valence-electron chi connectivity index (χ3n) is 2.95. The molecule has 128 valence electrons. The molecule has 0 aromatic carbocycles. The summed E-state index contributed by atoms with van der Waals surface area (Å²) in [6.45, 7) is 5.25. The zero-order valence-electron chi connectivity index (χ0n) is 13.5. The lowest BCUT2D eigenvalue weighted by molar-refractivity contribution is 0.463. The number of nitrogens with one attached hydrogen (secondary N) is 2. The molecule has 0 aliphatic rings. The molecule has 0 amide bonds. The van der Waals surface area contributed by atoms with Gasteiger partial charge in [-0.3, -0.25) is 4.99 Å². The van der Waals surface area contributed by atoms with Crippen LogP contribution in [0.25, 0.3) is 0 Å². The van der Waals surface area contributed by atoms with Gasteiger partial charge in [0.05, 0.1) is 12.2 Å². The minimum atomic E-state index is 0. The first-order chi connectivity index (χ1) is 10.7. The van der Waals surface area contributed by atoms with Gasteiger partial charge < -0.3 is 15.1 Å². The number of hydrogen-bond donors (Lipinski definition) is 2. The maximum atomic E-state index is 5.53. The molecule has 2 N–H and O–H groups in total. The van der Waals surface area contributed by atoms with Crippen LogP contribution < -0.4 is 10.6 Å². The molecular weight excluding hydrogens is 445 g/mol. The fourth-order valence-corrected chi connectivity index (χ4v) is 3.36. The number of halogens is 1. The SMILES string of the molecule is CN=C(NCCCSc1nccs1)NCc1nc(C)c(C)o1.I. The van der Waals surface area contributed by atoms with E-state index in [-0.39, 0.29) is 24.0 Å². The van der Waals surface area contributed by atoms with E-state index in [1.807, 2.05) is 25.4 Å². The number of aromatic nitrogens is 2. The van der Waals surface area contributed by atoms with Crippen molar-refractivity contribution >= 4 is 53.0 Å². The smallest absolute Gasteiger partial charge is 0.214 e. The number of thioether (sulfide) groups is 1. The largest absolute Gasteiger partial charge is 0.444 e. The molecule has 0 saturated carbocycles. The Morgan fingerprint density at radius 3 is 2.83 bits per heavy atom. The van der Waals surface area contributed by atoms with E-state index in [0.29, 0.717) is 12.4 Å². The van der Waals surface area contributed by atoms with Crippen molar-refractivity contribution in [2.45, 2.75) is 31.2 Å². The van der Waals surface area contributed by atoms with Crippen molar-refractivity contribution in [1.29, 1.82) is 0 Å². The molecule has 0 atom stereocenters. The predicted octanol–water partition coefficient (Wildman–Crippen LogP) is 3.21. The Labute approximate surface area is 162 Å². The normalized spacial score (nSPS) is 11.2. The highest BCUT2D eigenvalue weighted by molar-refractivity contribution is 14.0. The van der Waals surface area contributed by atoms with E-state index >= 15 is 0 Å². The Morgan fingerprint density at radius 2 is 2.22 bits per heavy atom. The van der Waals surface area contributed by atoms with E-state index in [0.717, 1.165) is 40.5 Å². The molecule has 0 spiro atoms. The van der Waals surface area contributed by atoms with E-state index in [1.54, 1.807) is 30.1 Å². The van der Waals surface area contributed by atoms with Crippen LogP contribution in [0.4, 0.5) is 0 Å². The summed E-state index contributed by atoms with van der Waals surface area (Å²) in [5.41, 5.74) is 0.930. The third-order valence-corrected chi connectivity index (χ3v) is 5.00.